The lowest BCUT2D eigenvalue weighted by atomic mass is 10.1. The van der Waals surface area contributed by atoms with Crippen LogP contribution in [0.5, 0.6) is 5.75 Å². The van der Waals surface area contributed by atoms with Crippen molar-refractivity contribution in [2.24, 2.45) is 5.92 Å². The minimum Gasteiger partial charge on any atom is -0.484 e. The predicted molar refractivity (Wildman–Crippen MR) is 84.7 cm³/mol. The van der Waals surface area contributed by atoms with Gasteiger partial charge in [0.05, 0.1) is 13.0 Å². The fourth-order valence-electron chi connectivity index (χ4n) is 2.03. The maximum absolute atomic E-state index is 12.3. The van der Waals surface area contributed by atoms with Crippen molar-refractivity contribution in [3.63, 3.8) is 0 Å². The lowest BCUT2D eigenvalue weighted by molar-refractivity contribution is -0.147. The van der Waals surface area contributed by atoms with Gasteiger partial charge < -0.3 is 14.4 Å². The Hall–Kier alpha value is -2.04. The van der Waals surface area contributed by atoms with E-state index in [1.165, 1.54) is 7.11 Å². The van der Waals surface area contributed by atoms with Crippen LogP contribution in [-0.2, 0) is 14.3 Å². The van der Waals surface area contributed by atoms with Crippen molar-refractivity contribution in [3.05, 3.63) is 29.8 Å². The number of methoxy groups -OCH3 is 1. The molecule has 1 amide bonds. The van der Waals surface area contributed by atoms with Crippen molar-refractivity contribution in [3.8, 4) is 5.75 Å². The van der Waals surface area contributed by atoms with Crippen LogP contribution in [0.3, 0.4) is 0 Å². The van der Waals surface area contributed by atoms with Crippen LogP contribution < -0.4 is 4.74 Å². The highest BCUT2D eigenvalue weighted by atomic mass is 16.5. The molecule has 5 nitrogen and oxygen atoms in total. The molecule has 0 fully saturated rings. The van der Waals surface area contributed by atoms with Crippen LogP contribution in [0.2, 0.25) is 0 Å². The van der Waals surface area contributed by atoms with E-state index in [0.29, 0.717) is 12.3 Å². The molecule has 1 unspecified atom stereocenters. The molecular formula is C17H25NO4. The van der Waals surface area contributed by atoms with Crippen molar-refractivity contribution in [1.29, 1.82) is 0 Å². The van der Waals surface area contributed by atoms with E-state index in [9.17, 15) is 9.59 Å². The first kappa shape index (κ1) is 18.0. The molecule has 122 valence electrons. The van der Waals surface area contributed by atoms with E-state index in [4.69, 9.17) is 9.47 Å². The van der Waals surface area contributed by atoms with Gasteiger partial charge in [-0.05, 0) is 32.9 Å². The number of carbonyl (C=O) groups excluding carboxylic acids is 2. The number of benzene rings is 1. The first-order chi connectivity index (χ1) is 10.3. The zero-order valence-corrected chi connectivity index (χ0v) is 14.0. The molecule has 0 N–H and O–H groups in total. The van der Waals surface area contributed by atoms with Gasteiger partial charge in [0.1, 0.15) is 5.75 Å². The van der Waals surface area contributed by atoms with Crippen molar-refractivity contribution in [2.75, 3.05) is 20.3 Å². The minimum absolute atomic E-state index is 0.0128. The number of amides is 1. The van der Waals surface area contributed by atoms with E-state index in [2.05, 4.69) is 0 Å². The third-order valence-corrected chi connectivity index (χ3v) is 3.40. The van der Waals surface area contributed by atoms with E-state index in [-0.39, 0.29) is 30.4 Å². The molecule has 1 aromatic carbocycles. The summed E-state index contributed by atoms with van der Waals surface area (Å²) in [5.41, 5.74) is 1.13. The highest BCUT2D eigenvalue weighted by Crippen LogP contribution is 2.12. The first-order valence-electron chi connectivity index (χ1n) is 7.42. The second kappa shape index (κ2) is 8.41. The molecule has 0 radical (unpaired) electrons. The molecule has 0 heterocycles. The van der Waals surface area contributed by atoms with Gasteiger partial charge in [0, 0.05) is 12.6 Å². The van der Waals surface area contributed by atoms with E-state index in [1.807, 2.05) is 45.0 Å². The molecule has 0 aromatic heterocycles. The molecule has 0 saturated heterocycles. The van der Waals surface area contributed by atoms with Gasteiger partial charge in [-0.3, -0.25) is 9.59 Å². The highest BCUT2D eigenvalue weighted by Gasteiger charge is 2.23. The van der Waals surface area contributed by atoms with Crippen LogP contribution in [0.25, 0.3) is 0 Å². The average molecular weight is 307 g/mol. The van der Waals surface area contributed by atoms with Gasteiger partial charge in [0.15, 0.2) is 6.61 Å². The maximum Gasteiger partial charge on any atom is 0.310 e. The van der Waals surface area contributed by atoms with Gasteiger partial charge >= 0.3 is 5.97 Å². The number of aryl methyl sites for hydroxylation is 1. The summed E-state index contributed by atoms with van der Waals surface area (Å²) < 4.78 is 10.2. The summed E-state index contributed by atoms with van der Waals surface area (Å²) in [6, 6.07) is 7.51. The second-order valence-electron chi connectivity index (χ2n) is 5.67. The molecule has 0 aliphatic heterocycles. The van der Waals surface area contributed by atoms with Crippen molar-refractivity contribution in [1.82, 2.24) is 4.90 Å². The molecule has 1 atom stereocenters. The number of hydrogen-bond acceptors (Lipinski definition) is 4. The lowest BCUT2D eigenvalue weighted by Gasteiger charge is -2.28. The fourth-order valence-corrected chi connectivity index (χ4v) is 2.03. The molecule has 0 saturated carbocycles. The Morgan fingerprint density at radius 2 is 1.73 bits per heavy atom. The average Bonchev–Trinajstić information content (AvgIpc) is 2.50. The van der Waals surface area contributed by atoms with Crippen LogP contribution >= 0.6 is 0 Å². The van der Waals surface area contributed by atoms with Gasteiger partial charge in [0.2, 0.25) is 0 Å². The number of nitrogens with zero attached hydrogens (tertiary/aromatic N) is 1. The Labute approximate surface area is 132 Å². The highest BCUT2D eigenvalue weighted by molar-refractivity contribution is 5.79. The Morgan fingerprint density at radius 3 is 2.23 bits per heavy atom. The Bertz CT molecular complexity index is 496. The van der Waals surface area contributed by atoms with Crippen LogP contribution in [0.1, 0.15) is 26.3 Å². The van der Waals surface area contributed by atoms with Crippen molar-refractivity contribution < 1.29 is 19.1 Å². The van der Waals surface area contributed by atoms with Crippen molar-refractivity contribution in [2.45, 2.75) is 33.7 Å². The van der Waals surface area contributed by atoms with Gasteiger partial charge in [0.25, 0.3) is 5.91 Å². The standard InChI is InChI=1S/C17H25NO4/c1-12(2)18(10-14(4)17(20)21-5)16(19)11-22-15-8-6-13(3)7-9-15/h6-9,12,14H,10-11H2,1-5H3. The first-order valence-corrected chi connectivity index (χ1v) is 7.42. The van der Waals surface area contributed by atoms with Crippen LogP contribution in [0.4, 0.5) is 0 Å². The number of esters is 1. The number of ether oxygens (including phenoxy) is 2. The number of carbonyl (C=O) groups is 2. The molecule has 0 aliphatic rings. The lowest BCUT2D eigenvalue weighted by Crippen LogP contribution is -2.44. The van der Waals surface area contributed by atoms with Crippen molar-refractivity contribution >= 4 is 11.9 Å². The molecule has 22 heavy (non-hydrogen) atoms. The Balaban J connectivity index is 2.61. The summed E-state index contributed by atoms with van der Waals surface area (Å²) in [4.78, 5) is 25.5. The third kappa shape index (κ3) is 5.39. The van der Waals surface area contributed by atoms with Gasteiger partial charge in [-0.25, -0.2) is 0 Å². The van der Waals surface area contributed by atoms with Gasteiger partial charge in [-0.2, -0.15) is 0 Å². The van der Waals surface area contributed by atoms with E-state index >= 15 is 0 Å². The van der Waals surface area contributed by atoms with Gasteiger partial charge in [-0.1, -0.05) is 24.6 Å². The largest absolute Gasteiger partial charge is 0.484 e. The second-order valence-corrected chi connectivity index (χ2v) is 5.67. The zero-order chi connectivity index (χ0) is 16.7. The van der Waals surface area contributed by atoms with Crippen LogP contribution in [0.15, 0.2) is 24.3 Å². The van der Waals surface area contributed by atoms with E-state index in [1.54, 1.807) is 11.8 Å². The van der Waals surface area contributed by atoms with Gasteiger partial charge in [-0.15, -0.1) is 0 Å². The number of hydrogen-bond donors (Lipinski definition) is 0. The molecule has 0 aliphatic carbocycles. The van der Waals surface area contributed by atoms with E-state index in [0.717, 1.165) is 5.56 Å². The normalized spacial score (nSPS) is 11.9. The monoisotopic (exact) mass is 307 g/mol. The zero-order valence-electron chi connectivity index (χ0n) is 14.0. The molecule has 5 heteroatoms. The van der Waals surface area contributed by atoms with Crippen LogP contribution in [0, 0.1) is 12.8 Å². The quantitative estimate of drug-likeness (QED) is 0.726. The van der Waals surface area contributed by atoms with Crippen LogP contribution in [-0.4, -0.2) is 43.1 Å². The maximum atomic E-state index is 12.3. The third-order valence-electron chi connectivity index (χ3n) is 3.40. The summed E-state index contributed by atoms with van der Waals surface area (Å²) in [5.74, 6) is -0.177. The molecule has 1 rings (SSSR count). The fraction of sp³-hybridized carbons (Fsp3) is 0.529. The van der Waals surface area contributed by atoms with E-state index < -0.39 is 0 Å². The Kier molecular flexibility index (Phi) is 6.89. The summed E-state index contributed by atoms with van der Waals surface area (Å²) in [6.07, 6.45) is 0. The SMILES string of the molecule is COC(=O)C(C)CN(C(=O)COc1ccc(C)cc1)C(C)C. The molecular weight excluding hydrogens is 282 g/mol. The predicted octanol–water partition coefficient (Wildman–Crippen LogP) is 2.42. The summed E-state index contributed by atoms with van der Waals surface area (Å²) in [6.45, 7) is 7.83. The Morgan fingerprint density at radius 1 is 1.14 bits per heavy atom. The number of rotatable bonds is 7. The summed E-state index contributed by atoms with van der Waals surface area (Å²) in [5, 5.41) is 0. The summed E-state index contributed by atoms with van der Waals surface area (Å²) >= 11 is 0. The molecule has 1 aromatic rings. The molecule has 0 spiro atoms. The smallest absolute Gasteiger partial charge is 0.310 e. The topological polar surface area (TPSA) is 55.8 Å². The molecule has 0 bridgehead atoms. The summed E-state index contributed by atoms with van der Waals surface area (Å²) in [7, 11) is 1.35. The minimum atomic E-state index is -0.365.